The molecule has 2 amide bonds. The molecule has 0 heterocycles. The topological polar surface area (TPSA) is 109 Å². The number of carbonyl (C=O) groups is 2. The predicted octanol–water partition coefficient (Wildman–Crippen LogP) is 3.04. The van der Waals surface area contributed by atoms with Gasteiger partial charge < -0.3 is 19.9 Å². The standard InChI is InChI=1S/C19H20BrN3O5/c1-27-14-5-3-13(4-6-14)22-17(24)7-8-18(25)23-21-11-12-9-15(20)19(26)16(10-12)28-2/h3-6,9-11,26H,7-8H2,1-2H3,(H,22,24)(H,23,25)/b21-11+. The summed E-state index contributed by atoms with van der Waals surface area (Å²) >= 11 is 3.20. The molecule has 0 unspecified atom stereocenters. The summed E-state index contributed by atoms with van der Waals surface area (Å²) in [5.74, 6) is 0.264. The van der Waals surface area contributed by atoms with Crippen LogP contribution in [-0.2, 0) is 9.59 Å². The zero-order valence-corrected chi connectivity index (χ0v) is 16.9. The number of amides is 2. The fourth-order valence-electron chi connectivity index (χ4n) is 2.18. The van der Waals surface area contributed by atoms with Crippen LogP contribution >= 0.6 is 15.9 Å². The van der Waals surface area contributed by atoms with Crippen LogP contribution in [0, 0.1) is 0 Å². The zero-order chi connectivity index (χ0) is 20.5. The van der Waals surface area contributed by atoms with Gasteiger partial charge in [0.05, 0.1) is 24.9 Å². The average Bonchev–Trinajstić information content (AvgIpc) is 2.69. The number of carbonyl (C=O) groups excluding carboxylic acids is 2. The Hall–Kier alpha value is -3.07. The van der Waals surface area contributed by atoms with Gasteiger partial charge in [0.25, 0.3) is 0 Å². The van der Waals surface area contributed by atoms with Gasteiger partial charge in [-0.3, -0.25) is 9.59 Å². The fourth-order valence-corrected chi connectivity index (χ4v) is 2.64. The summed E-state index contributed by atoms with van der Waals surface area (Å²) in [6.07, 6.45) is 1.41. The number of hydrogen-bond acceptors (Lipinski definition) is 6. The molecule has 148 valence electrons. The molecule has 8 nitrogen and oxygen atoms in total. The minimum atomic E-state index is -0.397. The van der Waals surface area contributed by atoms with E-state index in [9.17, 15) is 14.7 Å². The van der Waals surface area contributed by atoms with Gasteiger partial charge in [0.1, 0.15) is 5.75 Å². The Morgan fingerprint density at radius 2 is 1.79 bits per heavy atom. The van der Waals surface area contributed by atoms with Crippen molar-refractivity contribution in [3.05, 3.63) is 46.4 Å². The van der Waals surface area contributed by atoms with Crippen LogP contribution in [0.5, 0.6) is 17.2 Å². The maximum absolute atomic E-state index is 11.9. The van der Waals surface area contributed by atoms with Crippen LogP contribution < -0.4 is 20.2 Å². The first kappa shape index (κ1) is 21.2. The molecule has 0 atom stereocenters. The summed E-state index contributed by atoms with van der Waals surface area (Å²) < 4.78 is 10.5. The van der Waals surface area contributed by atoms with Gasteiger partial charge in [0.15, 0.2) is 11.5 Å². The number of phenolic OH excluding ortho intramolecular Hbond substituents is 1. The number of hydrazone groups is 1. The molecule has 0 aromatic heterocycles. The Labute approximate surface area is 170 Å². The van der Waals surface area contributed by atoms with Crippen molar-refractivity contribution in [2.75, 3.05) is 19.5 Å². The molecule has 0 aliphatic carbocycles. The third kappa shape index (κ3) is 6.27. The quantitative estimate of drug-likeness (QED) is 0.423. The summed E-state index contributed by atoms with van der Waals surface area (Å²) in [5, 5.41) is 16.3. The highest BCUT2D eigenvalue weighted by molar-refractivity contribution is 9.10. The number of rotatable bonds is 8. The van der Waals surface area contributed by atoms with E-state index >= 15 is 0 Å². The van der Waals surface area contributed by atoms with E-state index in [4.69, 9.17) is 9.47 Å². The van der Waals surface area contributed by atoms with Gasteiger partial charge in [-0.05, 0) is 57.9 Å². The highest BCUT2D eigenvalue weighted by atomic mass is 79.9. The Morgan fingerprint density at radius 3 is 2.43 bits per heavy atom. The molecule has 0 spiro atoms. The van der Waals surface area contributed by atoms with Gasteiger partial charge >= 0.3 is 0 Å². The Bertz CT molecular complexity index is 869. The number of hydrogen-bond donors (Lipinski definition) is 3. The number of phenols is 1. The Kier molecular flexibility index (Phi) is 7.82. The van der Waals surface area contributed by atoms with E-state index in [1.165, 1.54) is 13.3 Å². The van der Waals surface area contributed by atoms with Crippen molar-refractivity contribution in [3.63, 3.8) is 0 Å². The third-order valence-corrected chi connectivity index (χ3v) is 4.23. The van der Waals surface area contributed by atoms with Gasteiger partial charge in [-0.15, -0.1) is 0 Å². The predicted molar refractivity (Wildman–Crippen MR) is 109 cm³/mol. The van der Waals surface area contributed by atoms with E-state index in [2.05, 4.69) is 31.8 Å². The average molecular weight is 450 g/mol. The van der Waals surface area contributed by atoms with Crippen molar-refractivity contribution in [1.82, 2.24) is 5.43 Å². The lowest BCUT2D eigenvalue weighted by Crippen LogP contribution is -2.20. The van der Waals surface area contributed by atoms with E-state index in [-0.39, 0.29) is 30.2 Å². The highest BCUT2D eigenvalue weighted by Crippen LogP contribution is 2.34. The SMILES string of the molecule is COc1ccc(NC(=O)CCC(=O)N/N=C/c2cc(Br)c(O)c(OC)c2)cc1. The first-order valence-corrected chi connectivity index (χ1v) is 9.04. The number of aromatic hydroxyl groups is 1. The highest BCUT2D eigenvalue weighted by Gasteiger charge is 2.09. The van der Waals surface area contributed by atoms with Crippen LogP contribution in [0.1, 0.15) is 18.4 Å². The van der Waals surface area contributed by atoms with Crippen molar-refractivity contribution in [3.8, 4) is 17.2 Å². The molecule has 0 aliphatic heterocycles. The lowest BCUT2D eigenvalue weighted by Gasteiger charge is -2.06. The third-order valence-electron chi connectivity index (χ3n) is 3.63. The minimum Gasteiger partial charge on any atom is -0.503 e. The van der Waals surface area contributed by atoms with E-state index in [1.54, 1.807) is 43.5 Å². The van der Waals surface area contributed by atoms with Crippen molar-refractivity contribution in [2.45, 2.75) is 12.8 Å². The molecule has 2 rings (SSSR count). The van der Waals surface area contributed by atoms with Gasteiger partial charge in [-0.2, -0.15) is 5.10 Å². The molecule has 0 radical (unpaired) electrons. The Morgan fingerprint density at radius 1 is 1.11 bits per heavy atom. The fraction of sp³-hybridized carbons (Fsp3) is 0.211. The van der Waals surface area contributed by atoms with E-state index in [0.29, 0.717) is 21.5 Å². The number of nitrogens with one attached hydrogen (secondary N) is 2. The molecular weight excluding hydrogens is 430 g/mol. The molecule has 9 heteroatoms. The van der Waals surface area contributed by atoms with Gasteiger partial charge in [0.2, 0.25) is 11.8 Å². The van der Waals surface area contributed by atoms with Gasteiger partial charge in [-0.1, -0.05) is 0 Å². The molecule has 2 aromatic carbocycles. The largest absolute Gasteiger partial charge is 0.503 e. The summed E-state index contributed by atoms with van der Waals surface area (Å²) in [5.41, 5.74) is 3.58. The lowest BCUT2D eigenvalue weighted by molar-refractivity contribution is -0.124. The number of anilines is 1. The van der Waals surface area contributed by atoms with Crippen molar-refractivity contribution >= 4 is 39.6 Å². The van der Waals surface area contributed by atoms with Crippen LogP contribution in [0.2, 0.25) is 0 Å². The number of nitrogens with zero attached hydrogens (tertiary/aromatic N) is 1. The summed E-state index contributed by atoms with van der Waals surface area (Å²) in [6.45, 7) is 0. The number of benzene rings is 2. The molecular formula is C19H20BrN3O5. The zero-order valence-electron chi connectivity index (χ0n) is 15.4. The van der Waals surface area contributed by atoms with Crippen LogP contribution in [0.15, 0.2) is 46.0 Å². The van der Waals surface area contributed by atoms with Crippen molar-refractivity contribution < 1.29 is 24.2 Å². The number of ether oxygens (including phenoxy) is 2. The first-order valence-electron chi connectivity index (χ1n) is 8.25. The molecule has 0 bridgehead atoms. The summed E-state index contributed by atoms with van der Waals surface area (Å²) in [7, 11) is 2.99. The van der Waals surface area contributed by atoms with Gasteiger partial charge in [0, 0.05) is 18.5 Å². The summed E-state index contributed by atoms with van der Waals surface area (Å²) in [6, 6.07) is 10.1. The van der Waals surface area contributed by atoms with Gasteiger partial charge in [-0.25, -0.2) is 5.43 Å². The second-order valence-corrected chi connectivity index (χ2v) is 6.48. The minimum absolute atomic E-state index is 0.0120. The second kappa shape index (κ2) is 10.3. The maximum Gasteiger partial charge on any atom is 0.240 e. The van der Waals surface area contributed by atoms with Crippen molar-refractivity contribution in [1.29, 1.82) is 0 Å². The monoisotopic (exact) mass is 449 g/mol. The van der Waals surface area contributed by atoms with Crippen molar-refractivity contribution in [2.24, 2.45) is 5.10 Å². The molecule has 3 N–H and O–H groups in total. The Balaban J connectivity index is 1.79. The smallest absolute Gasteiger partial charge is 0.240 e. The van der Waals surface area contributed by atoms with E-state index < -0.39 is 5.91 Å². The maximum atomic E-state index is 11.9. The molecule has 28 heavy (non-hydrogen) atoms. The van der Waals surface area contributed by atoms with E-state index in [1.807, 2.05) is 0 Å². The lowest BCUT2D eigenvalue weighted by atomic mass is 10.2. The normalized spacial score (nSPS) is 10.5. The molecule has 0 saturated heterocycles. The van der Waals surface area contributed by atoms with Crippen LogP contribution in [-0.4, -0.2) is 37.4 Å². The molecule has 0 aliphatic rings. The molecule has 2 aromatic rings. The first-order chi connectivity index (χ1) is 13.4. The number of halogens is 1. The number of methoxy groups -OCH3 is 2. The molecule has 0 saturated carbocycles. The van der Waals surface area contributed by atoms with Crippen LogP contribution in [0.4, 0.5) is 5.69 Å². The summed E-state index contributed by atoms with van der Waals surface area (Å²) in [4.78, 5) is 23.7. The van der Waals surface area contributed by atoms with Crippen LogP contribution in [0.25, 0.3) is 0 Å². The second-order valence-electron chi connectivity index (χ2n) is 5.62. The molecule has 0 fully saturated rings. The van der Waals surface area contributed by atoms with Crippen LogP contribution in [0.3, 0.4) is 0 Å². The van der Waals surface area contributed by atoms with E-state index in [0.717, 1.165) is 0 Å².